The van der Waals surface area contributed by atoms with Crippen LogP contribution in [-0.4, -0.2) is 33.4 Å². The van der Waals surface area contributed by atoms with Gasteiger partial charge in [-0.15, -0.1) is 0 Å². The largest absolute Gasteiger partial charge is 0.462 e. The van der Waals surface area contributed by atoms with E-state index in [2.05, 4.69) is 5.32 Å². The topological polar surface area (TPSA) is 92.8 Å². The van der Waals surface area contributed by atoms with Gasteiger partial charge in [-0.2, -0.15) is 13.2 Å². The number of alkyl halides is 3. The summed E-state index contributed by atoms with van der Waals surface area (Å²) in [6.07, 6.45) is -4.85. The number of carbonyl (C=O) groups excluding carboxylic acids is 2. The van der Waals surface area contributed by atoms with Gasteiger partial charge in [0.25, 0.3) is 10.0 Å². The second-order valence-corrected chi connectivity index (χ2v) is 10.1. The number of halogens is 4. The number of nitrogens with zero attached hydrogens (tertiary/aromatic N) is 1. The maximum atomic E-state index is 13.5. The molecule has 0 aliphatic heterocycles. The predicted molar refractivity (Wildman–Crippen MR) is 133 cm³/mol. The van der Waals surface area contributed by atoms with Crippen LogP contribution in [0.3, 0.4) is 0 Å². The Morgan fingerprint density at radius 2 is 1.62 bits per heavy atom. The number of aryl methyl sites for hydroxylation is 1. The molecule has 0 aromatic heterocycles. The predicted octanol–water partition coefficient (Wildman–Crippen LogP) is 5.68. The normalized spacial score (nSPS) is 11.6. The number of benzene rings is 3. The Morgan fingerprint density at radius 1 is 1.00 bits per heavy atom. The molecule has 0 radical (unpaired) electrons. The molecule has 0 heterocycles. The summed E-state index contributed by atoms with van der Waals surface area (Å²) in [5, 5.41) is 1.87. The van der Waals surface area contributed by atoms with Crippen LogP contribution in [0, 0.1) is 6.92 Å². The van der Waals surface area contributed by atoms with Crippen molar-refractivity contribution in [3.8, 4) is 0 Å². The molecule has 12 heteroatoms. The molecule has 0 saturated carbocycles. The van der Waals surface area contributed by atoms with E-state index in [-0.39, 0.29) is 22.8 Å². The summed E-state index contributed by atoms with van der Waals surface area (Å²) in [5.74, 6) is -1.39. The highest BCUT2D eigenvalue weighted by molar-refractivity contribution is 7.92. The van der Waals surface area contributed by atoms with Crippen LogP contribution in [0.15, 0.2) is 71.6 Å². The Kier molecular flexibility index (Phi) is 8.49. The monoisotopic (exact) mass is 554 g/mol. The van der Waals surface area contributed by atoms with Crippen molar-refractivity contribution in [3.63, 3.8) is 0 Å². The number of anilines is 2. The summed E-state index contributed by atoms with van der Waals surface area (Å²) in [6.45, 7) is 2.74. The fourth-order valence-electron chi connectivity index (χ4n) is 3.27. The zero-order valence-electron chi connectivity index (χ0n) is 19.7. The third kappa shape index (κ3) is 6.80. The second kappa shape index (κ2) is 11.2. The molecule has 1 amide bonds. The minimum absolute atomic E-state index is 0.184. The fourth-order valence-corrected chi connectivity index (χ4v) is 4.91. The lowest BCUT2D eigenvalue weighted by molar-refractivity contribution is -0.137. The molecule has 3 aromatic rings. The lowest BCUT2D eigenvalue weighted by atomic mass is 10.2. The Morgan fingerprint density at radius 3 is 2.19 bits per heavy atom. The van der Waals surface area contributed by atoms with Crippen molar-refractivity contribution < 1.29 is 35.9 Å². The summed E-state index contributed by atoms with van der Waals surface area (Å²) in [6, 6.07) is 13.9. The molecule has 7 nitrogen and oxygen atoms in total. The molecule has 3 aromatic carbocycles. The van der Waals surface area contributed by atoms with Crippen LogP contribution in [0.1, 0.15) is 28.4 Å². The number of nitrogens with one attached hydrogen (secondary N) is 1. The highest BCUT2D eigenvalue weighted by Crippen LogP contribution is 2.38. The molecule has 196 valence electrons. The van der Waals surface area contributed by atoms with E-state index in [1.165, 1.54) is 48.5 Å². The van der Waals surface area contributed by atoms with Crippen molar-refractivity contribution in [2.45, 2.75) is 24.9 Å². The smallest absolute Gasteiger partial charge is 0.417 e. The van der Waals surface area contributed by atoms with Gasteiger partial charge in [0.2, 0.25) is 5.91 Å². The van der Waals surface area contributed by atoms with Crippen molar-refractivity contribution >= 4 is 44.9 Å². The molecule has 0 saturated heterocycles. The molecule has 0 spiro atoms. The van der Waals surface area contributed by atoms with Crippen LogP contribution in [-0.2, 0) is 25.7 Å². The van der Waals surface area contributed by atoms with Crippen molar-refractivity contribution in [1.29, 1.82) is 0 Å². The standard InChI is InChI=1S/C25H22ClF3N2O5S/c1-3-36-24(33)17-6-8-18(9-7-17)30-23(32)15-31(37(34,35)20-11-4-16(2)5-12-20)19-10-13-22(26)21(14-19)25(27,28)29/h4-14H,3,15H2,1-2H3,(H,30,32). The van der Waals surface area contributed by atoms with Gasteiger partial charge >= 0.3 is 12.1 Å². The zero-order chi connectivity index (χ0) is 27.4. The quantitative estimate of drug-likeness (QED) is 0.362. The first-order chi connectivity index (χ1) is 17.3. The lowest BCUT2D eigenvalue weighted by Crippen LogP contribution is -2.38. The Hall–Kier alpha value is -3.57. The van der Waals surface area contributed by atoms with Crippen LogP contribution in [0.5, 0.6) is 0 Å². The van der Waals surface area contributed by atoms with Gasteiger partial charge in [0.15, 0.2) is 0 Å². The molecular weight excluding hydrogens is 533 g/mol. The first-order valence-electron chi connectivity index (χ1n) is 10.9. The molecule has 0 fully saturated rings. The average Bonchev–Trinajstić information content (AvgIpc) is 2.83. The number of sulfonamides is 1. The van der Waals surface area contributed by atoms with Crippen molar-refractivity contribution in [3.05, 3.63) is 88.4 Å². The van der Waals surface area contributed by atoms with Gasteiger partial charge in [-0.3, -0.25) is 9.10 Å². The van der Waals surface area contributed by atoms with Crippen molar-refractivity contribution in [2.75, 3.05) is 22.8 Å². The van der Waals surface area contributed by atoms with Crippen LogP contribution in [0.2, 0.25) is 5.02 Å². The Bertz CT molecular complexity index is 1390. The number of esters is 1. The molecule has 1 N–H and O–H groups in total. The fraction of sp³-hybridized carbons (Fsp3) is 0.200. The molecule has 0 aliphatic carbocycles. The van der Waals surface area contributed by atoms with Gasteiger partial charge in [-0.25, -0.2) is 13.2 Å². The number of carbonyl (C=O) groups is 2. The first-order valence-corrected chi connectivity index (χ1v) is 12.7. The summed E-state index contributed by atoms with van der Waals surface area (Å²) in [4.78, 5) is 24.4. The number of hydrogen-bond donors (Lipinski definition) is 1. The van der Waals surface area contributed by atoms with Gasteiger partial charge in [0.05, 0.1) is 33.3 Å². The lowest BCUT2D eigenvalue weighted by Gasteiger charge is -2.25. The van der Waals surface area contributed by atoms with E-state index >= 15 is 0 Å². The maximum absolute atomic E-state index is 13.5. The number of hydrogen-bond acceptors (Lipinski definition) is 5. The summed E-state index contributed by atoms with van der Waals surface area (Å²) < 4.78 is 72.8. The van der Waals surface area contributed by atoms with E-state index in [4.69, 9.17) is 16.3 Å². The minimum atomic E-state index is -4.85. The van der Waals surface area contributed by atoms with Crippen LogP contribution < -0.4 is 9.62 Å². The second-order valence-electron chi connectivity index (χ2n) is 7.83. The van der Waals surface area contributed by atoms with Gasteiger partial charge in [-0.1, -0.05) is 29.3 Å². The van der Waals surface area contributed by atoms with Gasteiger partial charge in [-0.05, 0) is 68.4 Å². The molecule has 0 bridgehead atoms. The minimum Gasteiger partial charge on any atom is -0.462 e. The number of rotatable bonds is 8. The van der Waals surface area contributed by atoms with E-state index in [9.17, 15) is 31.2 Å². The van der Waals surface area contributed by atoms with Crippen molar-refractivity contribution in [2.24, 2.45) is 0 Å². The number of ether oxygens (including phenoxy) is 1. The highest BCUT2D eigenvalue weighted by atomic mass is 35.5. The van der Waals surface area contributed by atoms with E-state index in [1.54, 1.807) is 13.8 Å². The zero-order valence-corrected chi connectivity index (χ0v) is 21.2. The molecular formula is C25H22ClF3N2O5S. The van der Waals surface area contributed by atoms with Crippen molar-refractivity contribution in [1.82, 2.24) is 0 Å². The molecule has 3 rings (SSSR count). The molecule has 37 heavy (non-hydrogen) atoms. The van der Waals surface area contributed by atoms with Gasteiger partial charge in [0, 0.05) is 5.69 Å². The average molecular weight is 555 g/mol. The third-order valence-electron chi connectivity index (χ3n) is 5.12. The summed E-state index contributed by atoms with van der Waals surface area (Å²) in [7, 11) is -4.46. The van der Waals surface area contributed by atoms with Crippen LogP contribution >= 0.6 is 11.6 Å². The van der Waals surface area contributed by atoms with E-state index in [0.717, 1.165) is 17.7 Å². The van der Waals surface area contributed by atoms with Crippen LogP contribution in [0.4, 0.5) is 24.5 Å². The Labute approximate surface area is 216 Å². The summed E-state index contributed by atoms with van der Waals surface area (Å²) >= 11 is 5.70. The van der Waals surface area contributed by atoms with Gasteiger partial charge < -0.3 is 10.1 Å². The van der Waals surface area contributed by atoms with Crippen LogP contribution in [0.25, 0.3) is 0 Å². The third-order valence-corrected chi connectivity index (χ3v) is 7.24. The Balaban J connectivity index is 1.96. The van der Waals surface area contributed by atoms with E-state index < -0.39 is 50.9 Å². The SMILES string of the molecule is CCOC(=O)c1ccc(NC(=O)CN(c2ccc(Cl)c(C(F)(F)F)c2)S(=O)(=O)c2ccc(C)cc2)cc1. The van der Waals surface area contributed by atoms with E-state index in [0.29, 0.717) is 10.4 Å². The summed E-state index contributed by atoms with van der Waals surface area (Å²) in [5.41, 5.74) is -0.404. The van der Waals surface area contributed by atoms with E-state index in [1.807, 2.05) is 0 Å². The number of amides is 1. The highest BCUT2D eigenvalue weighted by Gasteiger charge is 2.35. The van der Waals surface area contributed by atoms with Gasteiger partial charge in [0.1, 0.15) is 6.54 Å². The molecule has 0 atom stereocenters. The molecule has 0 aliphatic rings. The first kappa shape index (κ1) is 28.0. The maximum Gasteiger partial charge on any atom is 0.417 e. The molecule has 0 unspecified atom stereocenters.